The lowest BCUT2D eigenvalue weighted by Gasteiger charge is -2.32. The molecular formula is C19H32IN3O. The highest BCUT2D eigenvalue weighted by Gasteiger charge is 2.29. The van der Waals surface area contributed by atoms with Crippen molar-refractivity contribution in [2.45, 2.75) is 51.6 Å². The van der Waals surface area contributed by atoms with Crippen LogP contribution in [0, 0.1) is 0 Å². The van der Waals surface area contributed by atoms with E-state index in [1.54, 1.807) is 0 Å². The molecule has 5 heteroatoms. The maximum atomic E-state index is 9.79. The molecule has 0 amide bonds. The molecule has 1 fully saturated rings. The van der Waals surface area contributed by atoms with E-state index in [0.29, 0.717) is 6.54 Å². The molecule has 24 heavy (non-hydrogen) atoms. The molecule has 1 aliphatic rings. The minimum absolute atomic E-state index is 0. The fourth-order valence-corrected chi connectivity index (χ4v) is 3.35. The molecule has 2 rings (SSSR count). The highest BCUT2D eigenvalue weighted by molar-refractivity contribution is 14.0. The molecule has 136 valence electrons. The maximum Gasteiger partial charge on any atom is 0.194 e. The Hall–Kier alpha value is -0.820. The summed E-state index contributed by atoms with van der Waals surface area (Å²) in [6.07, 6.45) is 2.74. The molecule has 1 heterocycles. The number of nitrogens with one attached hydrogen (secondary N) is 1. The molecule has 0 aliphatic carbocycles. The van der Waals surface area contributed by atoms with Gasteiger partial charge in [0.1, 0.15) is 0 Å². The zero-order valence-electron chi connectivity index (χ0n) is 15.2. The van der Waals surface area contributed by atoms with Crippen molar-refractivity contribution in [2.75, 3.05) is 26.2 Å². The van der Waals surface area contributed by atoms with Crippen LogP contribution in [0.4, 0.5) is 0 Å². The number of nitrogens with zero attached hydrogens (tertiary/aromatic N) is 2. The van der Waals surface area contributed by atoms with Gasteiger partial charge in [-0.2, -0.15) is 0 Å². The second kappa shape index (κ2) is 10.2. The van der Waals surface area contributed by atoms with Gasteiger partial charge in [-0.25, -0.2) is 0 Å². The Balaban J connectivity index is 0.00000288. The number of rotatable bonds is 6. The zero-order chi connectivity index (χ0) is 16.7. The smallest absolute Gasteiger partial charge is 0.194 e. The van der Waals surface area contributed by atoms with E-state index in [2.05, 4.69) is 61.3 Å². The SMILES string of the molecule is CCNC(=NCC(CC)(CC)c1ccccc1)N1CC[C@@H](O)C1.I. The van der Waals surface area contributed by atoms with Crippen LogP contribution >= 0.6 is 24.0 Å². The fraction of sp³-hybridized carbons (Fsp3) is 0.632. The number of benzene rings is 1. The number of guanidine groups is 1. The molecule has 1 aliphatic heterocycles. The van der Waals surface area contributed by atoms with Crippen molar-refractivity contribution in [3.63, 3.8) is 0 Å². The molecule has 0 unspecified atom stereocenters. The molecule has 0 aromatic heterocycles. The number of aliphatic hydroxyl groups is 1. The first kappa shape index (κ1) is 21.2. The van der Waals surface area contributed by atoms with Gasteiger partial charge in [-0.1, -0.05) is 44.2 Å². The van der Waals surface area contributed by atoms with Crippen LogP contribution in [-0.2, 0) is 5.41 Å². The molecule has 0 saturated carbocycles. The Kier molecular flexibility index (Phi) is 9.05. The van der Waals surface area contributed by atoms with Gasteiger partial charge in [0, 0.05) is 25.0 Å². The largest absolute Gasteiger partial charge is 0.391 e. The van der Waals surface area contributed by atoms with E-state index < -0.39 is 0 Å². The molecular weight excluding hydrogens is 413 g/mol. The van der Waals surface area contributed by atoms with Gasteiger partial charge < -0.3 is 15.3 Å². The van der Waals surface area contributed by atoms with Crippen molar-refractivity contribution in [3.05, 3.63) is 35.9 Å². The lowest BCUT2D eigenvalue weighted by molar-refractivity contribution is 0.187. The first-order valence-electron chi connectivity index (χ1n) is 8.92. The Labute approximate surface area is 163 Å². The third kappa shape index (κ3) is 5.09. The third-order valence-corrected chi connectivity index (χ3v) is 5.07. The lowest BCUT2D eigenvalue weighted by atomic mass is 9.76. The van der Waals surface area contributed by atoms with Crippen molar-refractivity contribution in [3.8, 4) is 0 Å². The van der Waals surface area contributed by atoms with Gasteiger partial charge in [-0.05, 0) is 31.7 Å². The van der Waals surface area contributed by atoms with Crippen molar-refractivity contribution >= 4 is 29.9 Å². The normalized spacial score (nSPS) is 18.4. The summed E-state index contributed by atoms with van der Waals surface area (Å²) < 4.78 is 0. The molecule has 1 aromatic rings. The third-order valence-electron chi connectivity index (χ3n) is 5.07. The molecule has 4 nitrogen and oxygen atoms in total. The molecule has 1 atom stereocenters. The predicted octanol–water partition coefficient (Wildman–Crippen LogP) is 3.39. The Morgan fingerprint density at radius 1 is 1.25 bits per heavy atom. The van der Waals surface area contributed by atoms with Crippen molar-refractivity contribution < 1.29 is 5.11 Å². The van der Waals surface area contributed by atoms with Crippen LogP contribution in [0.3, 0.4) is 0 Å². The summed E-state index contributed by atoms with van der Waals surface area (Å²) in [6.45, 7) is 9.77. The Morgan fingerprint density at radius 3 is 2.42 bits per heavy atom. The topological polar surface area (TPSA) is 47.9 Å². The van der Waals surface area contributed by atoms with Crippen LogP contribution in [-0.4, -0.2) is 48.2 Å². The summed E-state index contributed by atoms with van der Waals surface area (Å²) in [5.41, 5.74) is 1.45. The first-order valence-corrected chi connectivity index (χ1v) is 8.92. The summed E-state index contributed by atoms with van der Waals surface area (Å²) in [7, 11) is 0. The van der Waals surface area contributed by atoms with Gasteiger partial charge in [0.2, 0.25) is 0 Å². The quantitative estimate of drug-likeness (QED) is 0.401. The monoisotopic (exact) mass is 445 g/mol. The van der Waals surface area contributed by atoms with Gasteiger partial charge in [-0.3, -0.25) is 4.99 Å². The lowest BCUT2D eigenvalue weighted by Crippen LogP contribution is -2.41. The average Bonchev–Trinajstić information content (AvgIpc) is 3.02. The number of aliphatic imine (C=N–C) groups is 1. The van der Waals surface area contributed by atoms with Gasteiger partial charge in [0.05, 0.1) is 12.6 Å². The first-order chi connectivity index (χ1) is 11.1. The van der Waals surface area contributed by atoms with Gasteiger partial charge >= 0.3 is 0 Å². The van der Waals surface area contributed by atoms with Crippen LogP contribution < -0.4 is 5.32 Å². The maximum absolute atomic E-state index is 9.79. The highest BCUT2D eigenvalue weighted by atomic mass is 127. The standard InChI is InChI=1S/C19H31N3O.HI/c1-4-19(5-2,16-10-8-7-9-11-16)15-21-18(20-6-3)22-13-12-17(23)14-22;/h7-11,17,23H,4-6,12-15H2,1-3H3,(H,20,21);1H/t17-;/m1./s1. The number of hydrogen-bond donors (Lipinski definition) is 2. The van der Waals surface area contributed by atoms with Crippen LogP contribution in [0.5, 0.6) is 0 Å². The van der Waals surface area contributed by atoms with Crippen LogP contribution in [0.15, 0.2) is 35.3 Å². The van der Waals surface area contributed by atoms with E-state index in [0.717, 1.165) is 44.9 Å². The van der Waals surface area contributed by atoms with Gasteiger partial charge in [0.15, 0.2) is 5.96 Å². The summed E-state index contributed by atoms with van der Waals surface area (Å²) in [5.74, 6) is 0.936. The average molecular weight is 445 g/mol. The molecule has 0 spiro atoms. The van der Waals surface area contributed by atoms with E-state index in [4.69, 9.17) is 4.99 Å². The number of aliphatic hydroxyl groups excluding tert-OH is 1. The van der Waals surface area contributed by atoms with Crippen molar-refractivity contribution in [1.29, 1.82) is 0 Å². The Morgan fingerprint density at radius 2 is 1.92 bits per heavy atom. The van der Waals surface area contributed by atoms with E-state index in [9.17, 15) is 5.11 Å². The highest BCUT2D eigenvalue weighted by Crippen LogP contribution is 2.32. The van der Waals surface area contributed by atoms with Crippen molar-refractivity contribution in [2.24, 2.45) is 4.99 Å². The van der Waals surface area contributed by atoms with E-state index in [1.807, 2.05) is 0 Å². The predicted molar refractivity (Wildman–Crippen MR) is 112 cm³/mol. The van der Waals surface area contributed by atoms with Crippen LogP contribution in [0.25, 0.3) is 0 Å². The van der Waals surface area contributed by atoms with E-state index in [1.165, 1.54) is 5.56 Å². The molecule has 0 radical (unpaired) electrons. The fourth-order valence-electron chi connectivity index (χ4n) is 3.35. The van der Waals surface area contributed by atoms with Crippen LogP contribution in [0.1, 0.15) is 45.6 Å². The summed E-state index contributed by atoms with van der Waals surface area (Å²) in [6, 6.07) is 10.7. The van der Waals surface area contributed by atoms with Crippen molar-refractivity contribution in [1.82, 2.24) is 10.2 Å². The van der Waals surface area contributed by atoms with Gasteiger partial charge in [-0.15, -0.1) is 24.0 Å². The van der Waals surface area contributed by atoms with Crippen LogP contribution in [0.2, 0.25) is 0 Å². The number of β-amino-alcohol motifs (C(OH)–C–C–N with tert-alkyl or cyclic N) is 1. The second-order valence-corrected chi connectivity index (χ2v) is 6.41. The minimum Gasteiger partial charge on any atom is -0.391 e. The summed E-state index contributed by atoms with van der Waals surface area (Å²) in [5, 5.41) is 13.2. The molecule has 0 bridgehead atoms. The Bertz CT molecular complexity index is 503. The second-order valence-electron chi connectivity index (χ2n) is 6.41. The minimum atomic E-state index is -0.227. The van der Waals surface area contributed by atoms with Gasteiger partial charge in [0.25, 0.3) is 0 Å². The number of halogens is 1. The number of likely N-dealkylation sites (tertiary alicyclic amines) is 1. The van der Waals surface area contributed by atoms with E-state index >= 15 is 0 Å². The molecule has 2 N–H and O–H groups in total. The number of hydrogen-bond acceptors (Lipinski definition) is 2. The summed E-state index contributed by atoms with van der Waals surface area (Å²) in [4.78, 5) is 7.12. The molecule has 1 aromatic carbocycles. The zero-order valence-corrected chi connectivity index (χ0v) is 17.5. The molecule has 1 saturated heterocycles. The van der Waals surface area contributed by atoms with E-state index in [-0.39, 0.29) is 35.5 Å². The summed E-state index contributed by atoms with van der Waals surface area (Å²) >= 11 is 0.